The molecule has 24 heavy (non-hydrogen) atoms. The fourth-order valence-electron chi connectivity index (χ4n) is 3.61. The lowest BCUT2D eigenvalue weighted by atomic mass is 9.87. The Labute approximate surface area is 140 Å². The van der Waals surface area contributed by atoms with E-state index < -0.39 is 5.60 Å². The number of nitrogens with zero attached hydrogens (tertiary/aromatic N) is 3. The summed E-state index contributed by atoms with van der Waals surface area (Å²) in [5, 5.41) is 16.6. The summed E-state index contributed by atoms with van der Waals surface area (Å²) in [7, 11) is 3.59. The van der Waals surface area contributed by atoms with E-state index in [4.69, 9.17) is 0 Å². The van der Waals surface area contributed by atoms with Crippen LogP contribution in [-0.2, 0) is 23.9 Å². The van der Waals surface area contributed by atoms with Gasteiger partial charge in [0.05, 0.1) is 17.4 Å². The first-order chi connectivity index (χ1) is 11.4. The van der Waals surface area contributed by atoms with Crippen LogP contribution in [0.2, 0.25) is 0 Å². The van der Waals surface area contributed by atoms with Gasteiger partial charge in [0.25, 0.3) is 5.91 Å². The molecule has 0 fully saturated rings. The molecule has 2 aromatic carbocycles. The lowest BCUT2D eigenvalue weighted by Crippen LogP contribution is -2.40. The van der Waals surface area contributed by atoms with Gasteiger partial charge in [-0.2, -0.15) is 5.10 Å². The smallest absolute Gasteiger partial charge is 0.263 e. The molecule has 5 heteroatoms. The van der Waals surface area contributed by atoms with E-state index >= 15 is 0 Å². The van der Waals surface area contributed by atoms with Crippen molar-refractivity contribution in [3.8, 4) is 0 Å². The molecule has 5 nitrogen and oxygen atoms in total. The number of aliphatic hydroxyl groups is 1. The quantitative estimate of drug-likeness (QED) is 0.788. The average Bonchev–Trinajstić information content (AvgIpc) is 3.02. The maximum absolute atomic E-state index is 12.8. The van der Waals surface area contributed by atoms with Crippen molar-refractivity contribution < 1.29 is 9.90 Å². The monoisotopic (exact) mass is 321 g/mol. The van der Waals surface area contributed by atoms with Crippen molar-refractivity contribution in [2.45, 2.75) is 18.9 Å². The number of benzene rings is 2. The van der Waals surface area contributed by atoms with E-state index in [1.807, 2.05) is 50.4 Å². The van der Waals surface area contributed by atoms with E-state index in [2.05, 4.69) is 5.10 Å². The predicted molar refractivity (Wildman–Crippen MR) is 92.9 cm³/mol. The van der Waals surface area contributed by atoms with Crippen LogP contribution in [-0.4, -0.2) is 27.8 Å². The van der Waals surface area contributed by atoms with Crippen molar-refractivity contribution >= 4 is 22.5 Å². The highest BCUT2D eigenvalue weighted by molar-refractivity contribution is 6.07. The van der Waals surface area contributed by atoms with E-state index in [0.717, 1.165) is 27.7 Å². The number of hydrogen-bond donors (Lipinski definition) is 1. The first-order valence-electron chi connectivity index (χ1n) is 7.93. The van der Waals surface area contributed by atoms with Gasteiger partial charge in [0, 0.05) is 31.5 Å². The normalized spacial score (nSPS) is 20.0. The molecule has 1 unspecified atom stereocenters. The number of carbonyl (C=O) groups is 1. The van der Waals surface area contributed by atoms with Gasteiger partial charge >= 0.3 is 0 Å². The Hall–Kier alpha value is -2.66. The molecule has 1 atom stereocenters. The molecule has 122 valence electrons. The van der Waals surface area contributed by atoms with E-state index in [9.17, 15) is 9.90 Å². The van der Waals surface area contributed by atoms with Gasteiger partial charge in [0.2, 0.25) is 0 Å². The highest BCUT2D eigenvalue weighted by Crippen LogP contribution is 2.42. The van der Waals surface area contributed by atoms with E-state index in [0.29, 0.717) is 5.56 Å². The molecule has 1 N–H and O–H groups in total. The Kier molecular flexibility index (Phi) is 3.05. The second-order valence-electron chi connectivity index (χ2n) is 6.54. The van der Waals surface area contributed by atoms with Crippen molar-refractivity contribution in [1.82, 2.24) is 9.78 Å². The van der Waals surface area contributed by atoms with Crippen molar-refractivity contribution in [1.29, 1.82) is 0 Å². The number of hydrogen-bond acceptors (Lipinski definition) is 3. The third-order valence-corrected chi connectivity index (χ3v) is 4.95. The van der Waals surface area contributed by atoms with E-state index in [1.54, 1.807) is 17.9 Å². The number of likely N-dealkylation sites (N-methyl/N-ethyl adjacent to an activating group) is 1. The Balaban J connectivity index is 1.87. The number of amides is 1. The molecule has 0 saturated carbocycles. The molecule has 1 aromatic heterocycles. The molecule has 2 heterocycles. The number of rotatable bonds is 2. The Bertz CT molecular complexity index is 976. The zero-order chi connectivity index (χ0) is 17.1. The van der Waals surface area contributed by atoms with Crippen LogP contribution in [0.5, 0.6) is 0 Å². The summed E-state index contributed by atoms with van der Waals surface area (Å²) in [5.41, 5.74) is 2.83. The molecule has 0 aliphatic carbocycles. The zero-order valence-electron chi connectivity index (χ0n) is 13.9. The predicted octanol–water partition coefficient (Wildman–Crippen LogP) is 2.29. The molecular formula is C19H19N3O2. The van der Waals surface area contributed by atoms with E-state index in [-0.39, 0.29) is 12.3 Å². The van der Waals surface area contributed by atoms with Crippen LogP contribution in [0.25, 0.3) is 10.9 Å². The molecular weight excluding hydrogens is 302 g/mol. The Morgan fingerprint density at radius 2 is 2.00 bits per heavy atom. The number of fused-ring (bicyclic) bond motifs is 2. The Morgan fingerprint density at radius 3 is 2.79 bits per heavy atom. The highest BCUT2D eigenvalue weighted by Gasteiger charge is 2.48. The number of carbonyl (C=O) groups excluding carboxylic acids is 1. The molecule has 1 aliphatic rings. The van der Waals surface area contributed by atoms with Gasteiger partial charge in [-0.3, -0.25) is 9.48 Å². The molecule has 3 aromatic rings. The maximum atomic E-state index is 12.8. The third-order valence-electron chi connectivity index (χ3n) is 4.95. The van der Waals surface area contributed by atoms with Gasteiger partial charge in [-0.05, 0) is 24.6 Å². The Morgan fingerprint density at radius 1 is 1.21 bits per heavy atom. The summed E-state index contributed by atoms with van der Waals surface area (Å²) in [4.78, 5) is 14.3. The average molecular weight is 321 g/mol. The van der Waals surface area contributed by atoms with E-state index in [1.165, 1.54) is 4.90 Å². The van der Waals surface area contributed by atoms with Crippen molar-refractivity contribution in [3.63, 3.8) is 0 Å². The molecule has 4 rings (SSSR count). The minimum Gasteiger partial charge on any atom is -0.375 e. The lowest BCUT2D eigenvalue weighted by Gasteiger charge is -2.22. The van der Waals surface area contributed by atoms with Gasteiger partial charge in [0.1, 0.15) is 0 Å². The summed E-state index contributed by atoms with van der Waals surface area (Å²) in [6, 6.07) is 11.6. The van der Waals surface area contributed by atoms with Gasteiger partial charge < -0.3 is 10.0 Å². The SMILES string of the molecule is Cc1ccc2c(c1)C(O)(Cc1cccc3c1cnn3C)C(=O)N2C. The second kappa shape index (κ2) is 4.92. The third kappa shape index (κ3) is 1.91. The first-order valence-corrected chi connectivity index (χ1v) is 7.93. The molecule has 0 saturated heterocycles. The van der Waals surface area contributed by atoms with Crippen LogP contribution in [0.3, 0.4) is 0 Å². The van der Waals surface area contributed by atoms with Crippen molar-refractivity contribution in [2.75, 3.05) is 11.9 Å². The fourth-order valence-corrected chi connectivity index (χ4v) is 3.61. The summed E-state index contributed by atoms with van der Waals surface area (Å²) in [5.74, 6) is -0.288. The summed E-state index contributed by atoms with van der Waals surface area (Å²) in [6.07, 6.45) is 2.02. The summed E-state index contributed by atoms with van der Waals surface area (Å²) in [6.45, 7) is 1.96. The molecule has 1 aliphatic heterocycles. The van der Waals surface area contributed by atoms with Crippen molar-refractivity contribution in [3.05, 3.63) is 59.3 Å². The highest BCUT2D eigenvalue weighted by atomic mass is 16.3. The lowest BCUT2D eigenvalue weighted by molar-refractivity contribution is -0.135. The van der Waals surface area contributed by atoms with Crippen LogP contribution < -0.4 is 4.90 Å². The van der Waals surface area contributed by atoms with Crippen molar-refractivity contribution in [2.24, 2.45) is 7.05 Å². The van der Waals surface area contributed by atoms with Gasteiger partial charge in [0.15, 0.2) is 5.60 Å². The number of anilines is 1. The molecule has 0 bridgehead atoms. The number of aryl methyl sites for hydroxylation is 2. The molecule has 1 amide bonds. The minimum absolute atomic E-state index is 0.232. The summed E-state index contributed by atoms with van der Waals surface area (Å²) >= 11 is 0. The second-order valence-corrected chi connectivity index (χ2v) is 6.54. The summed E-state index contributed by atoms with van der Waals surface area (Å²) < 4.78 is 1.80. The zero-order valence-corrected chi connectivity index (χ0v) is 13.9. The standard InChI is InChI=1S/C19H19N3O2/c1-12-7-8-17-15(9-12)19(24,18(23)21(17)2)10-13-5-4-6-16-14(13)11-20-22(16)3/h4-9,11,24H,10H2,1-3H3. The number of aromatic nitrogens is 2. The largest absolute Gasteiger partial charge is 0.375 e. The van der Waals surface area contributed by atoms with Gasteiger partial charge in [-0.25, -0.2) is 0 Å². The van der Waals surface area contributed by atoms with Gasteiger partial charge in [-0.15, -0.1) is 0 Å². The van der Waals surface area contributed by atoms with Crippen LogP contribution in [0.15, 0.2) is 42.6 Å². The maximum Gasteiger partial charge on any atom is 0.263 e. The minimum atomic E-state index is -1.54. The fraction of sp³-hybridized carbons (Fsp3) is 0.263. The molecule has 0 radical (unpaired) electrons. The van der Waals surface area contributed by atoms with Crippen LogP contribution in [0.4, 0.5) is 5.69 Å². The van der Waals surface area contributed by atoms with Crippen LogP contribution in [0, 0.1) is 6.92 Å². The van der Waals surface area contributed by atoms with Gasteiger partial charge in [-0.1, -0.05) is 29.8 Å². The first kappa shape index (κ1) is 14.9. The topological polar surface area (TPSA) is 58.4 Å². The molecule has 0 spiro atoms. The van der Waals surface area contributed by atoms with Crippen LogP contribution in [0.1, 0.15) is 16.7 Å². The van der Waals surface area contributed by atoms with Crippen LogP contribution >= 0.6 is 0 Å².